The maximum atomic E-state index is 11.4. The molecule has 0 saturated heterocycles. The Morgan fingerprint density at radius 1 is 1.54 bits per heavy atom. The number of aliphatic hydroxyl groups excluding tert-OH is 1. The molecule has 0 spiro atoms. The molecule has 2 atom stereocenters. The Kier molecular flexibility index (Phi) is 2.96. The lowest BCUT2D eigenvalue weighted by Gasteiger charge is -2.39. The molecule has 0 amide bonds. The lowest BCUT2D eigenvalue weighted by atomic mass is 9.67. The van der Waals surface area contributed by atoms with Crippen LogP contribution in [0.1, 0.15) is 33.1 Å². The first kappa shape index (κ1) is 10.5. The van der Waals surface area contributed by atoms with Gasteiger partial charge in [0.05, 0.1) is 19.1 Å². The van der Waals surface area contributed by atoms with Crippen molar-refractivity contribution >= 4 is 5.97 Å². The van der Waals surface area contributed by atoms with Crippen LogP contribution in [0.15, 0.2) is 0 Å². The Balaban J connectivity index is 2.80. The van der Waals surface area contributed by atoms with Gasteiger partial charge in [-0.2, -0.15) is 0 Å². The molecule has 0 aromatic rings. The second-order valence-electron chi connectivity index (χ2n) is 4.45. The van der Waals surface area contributed by atoms with Crippen molar-refractivity contribution in [3.63, 3.8) is 0 Å². The monoisotopic (exact) mass is 186 g/mol. The molecule has 0 aromatic carbocycles. The normalized spacial score (nSPS) is 32.6. The number of methoxy groups -OCH3 is 1. The molecule has 0 aliphatic heterocycles. The predicted molar refractivity (Wildman–Crippen MR) is 49.1 cm³/mol. The minimum Gasteiger partial charge on any atom is -0.469 e. The van der Waals surface area contributed by atoms with Crippen LogP contribution in [-0.2, 0) is 9.53 Å². The SMILES string of the molecule is COC(=O)[C@H]1[C@@H](O)CCCC1(C)C. The zero-order valence-corrected chi connectivity index (χ0v) is 8.54. The van der Waals surface area contributed by atoms with Gasteiger partial charge in [0.25, 0.3) is 0 Å². The molecule has 1 saturated carbocycles. The molecule has 0 heterocycles. The number of carbonyl (C=O) groups excluding carboxylic acids is 1. The van der Waals surface area contributed by atoms with Gasteiger partial charge in [0.2, 0.25) is 0 Å². The third-order valence-corrected chi connectivity index (χ3v) is 3.00. The first-order valence-electron chi connectivity index (χ1n) is 4.75. The van der Waals surface area contributed by atoms with Gasteiger partial charge in [-0.15, -0.1) is 0 Å². The zero-order chi connectivity index (χ0) is 10.1. The molecule has 3 nitrogen and oxygen atoms in total. The molecule has 1 N–H and O–H groups in total. The second kappa shape index (κ2) is 3.66. The van der Waals surface area contributed by atoms with E-state index in [0.717, 1.165) is 12.8 Å². The Morgan fingerprint density at radius 2 is 2.15 bits per heavy atom. The highest BCUT2D eigenvalue weighted by Crippen LogP contribution is 2.41. The smallest absolute Gasteiger partial charge is 0.311 e. The van der Waals surface area contributed by atoms with Gasteiger partial charge in [-0.3, -0.25) is 4.79 Å². The van der Waals surface area contributed by atoms with Gasteiger partial charge in [0, 0.05) is 0 Å². The van der Waals surface area contributed by atoms with Crippen LogP contribution in [0.5, 0.6) is 0 Å². The van der Waals surface area contributed by atoms with E-state index in [0.29, 0.717) is 6.42 Å². The van der Waals surface area contributed by atoms with Crippen LogP contribution in [-0.4, -0.2) is 24.3 Å². The molecule has 13 heavy (non-hydrogen) atoms. The maximum Gasteiger partial charge on any atom is 0.311 e. The summed E-state index contributed by atoms with van der Waals surface area (Å²) in [6, 6.07) is 0. The molecule has 1 rings (SSSR count). The summed E-state index contributed by atoms with van der Waals surface area (Å²) in [5.41, 5.74) is -0.134. The summed E-state index contributed by atoms with van der Waals surface area (Å²) in [5.74, 6) is -0.636. The highest BCUT2D eigenvalue weighted by Gasteiger charge is 2.43. The fraction of sp³-hybridized carbons (Fsp3) is 0.900. The van der Waals surface area contributed by atoms with Crippen molar-refractivity contribution in [2.75, 3.05) is 7.11 Å². The number of hydrogen-bond acceptors (Lipinski definition) is 3. The van der Waals surface area contributed by atoms with Crippen molar-refractivity contribution in [1.82, 2.24) is 0 Å². The van der Waals surface area contributed by atoms with Gasteiger partial charge in [-0.05, 0) is 18.3 Å². The highest BCUT2D eigenvalue weighted by atomic mass is 16.5. The molecule has 0 bridgehead atoms. The average Bonchev–Trinajstić information content (AvgIpc) is 2.02. The van der Waals surface area contributed by atoms with Crippen molar-refractivity contribution in [2.45, 2.75) is 39.2 Å². The number of aliphatic hydroxyl groups is 1. The quantitative estimate of drug-likeness (QED) is 0.629. The Morgan fingerprint density at radius 3 is 2.62 bits per heavy atom. The third kappa shape index (κ3) is 2.02. The number of esters is 1. The summed E-state index contributed by atoms with van der Waals surface area (Å²) >= 11 is 0. The van der Waals surface area contributed by atoms with Gasteiger partial charge in [0.15, 0.2) is 0 Å². The first-order chi connectivity index (χ1) is 5.99. The van der Waals surface area contributed by atoms with E-state index in [2.05, 4.69) is 0 Å². The van der Waals surface area contributed by atoms with E-state index in [1.54, 1.807) is 0 Å². The lowest BCUT2D eigenvalue weighted by molar-refractivity contribution is -0.158. The van der Waals surface area contributed by atoms with Gasteiger partial charge in [0.1, 0.15) is 0 Å². The van der Waals surface area contributed by atoms with E-state index in [-0.39, 0.29) is 17.3 Å². The van der Waals surface area contributed by atoms with Crippen LogP contribution < -0.4 is 0 Å². The summed E-state index contributed by atoms with van der Waals surface area (Å²) < 4.78 is 4.70. The number of rotatable bonds is 1. The fourth-order valence-corrected chi connectivity index (χ4v) is 2.21. The molecular formula is C10H18O3. The van der Waals surface area contributed by atoms with Crippen molar-refractivity contribution in [2.24, 2.45) is 11.3 Å². The van der Waals surface area contributed by atoms with Crippen molar-refractivity contribution in [1.29, 1.82) is 0 Å². The molecule has 3 heteroatoms. The molecule has 1 aliphatic carbocycles. The van der Waals surface area contributed by atoms with Crippen LogP contribution >= 0.6 is 0 Å². The molecule has 0 aromatic heterocycles. The standard InChI is InChI=1S/C10H18O3/c1-10(2)6-4-5-7(11)8(10)9(12)13-3/h7-8,11H,4-6H2,1-3H3/t7-,8+/m0/s1. The number of carbonyl (C=O) groups is 1. The Bertz CT molecular complexity index is 198. The van der Waals surface area contributed by atoms with Crippen LogP contribution in [0.25, 0.3) is 0 Å². The summed E-state index contributed by atoms with van der Waals surface area (Å²) in [6.07, 6.45) is 2.14. The van der Waals surface area contributed by atoms with Crippen LogP contribution in [0.2, 0.25) is 0 Å². The van der Waals surface area contributed by atoms with E-state index >= 15 is 0 Å². The predicted octanol–water partition coefficient (Wildman–Crippen LogP) is 1.35. The molecular weight excluding hydrogens is 168 g/mol. The van der Waals surface area contributed by atoms with E-state index in [4.69, 9.17) is 4.74 Å². The second-order valence-corrected chi connectivity index (χ2v) is 4.45. The number of hydrogen-bond donors (Lipinski definition) is 1. The first-order valence-corrected chi connectivity index (χ1v) is 4.75. The van der Waals surface area contributed by atoms with E-state index in [9.17, 15) is 9.90 Å². The summed E-state index contributed by atoms with van der Waals surface area (Å²) in [4.78, 5) is 11.4. The van der Waals surface area contributed by atoms with Crippen LogP contribution in [0.3, 0.4) is 0 Å². The topological polar surface area (TPSA) is 46.5 Å². The van der Waals surface area contributed by atoms with Crippen molar-refractivity contribution < 1.29 is 14.6 Å². The lowest BCUT2D eigenvalue weighted by Crippen LogP contribution is -2.43. The van der Waals surface area contributed by atoms with E-state index in [1.807, 2.05) is 13.8 Å². The van der Waals surface area contributed by atoms with Gasteiger partial charge in [-0.1, -0.05) is 20.3 Å². The van der Waals surface area contributed by atoms with E-state index < -0.39 is 6.10 Å². The number of ether oxygens (including phenoxy) is 1. The molecule has 1 fully saturated rings. The van der Waals surface area contributed by atoms with Crippen molar-refractivity contribution in [3.05, 3.63) is 0 Å². The Labute approximate surface area is 79.1 Å². The molecule has 0 unspecified atom stereocenters. The minimum atomic E-state index is -0.531. The van der Waals surface area contributed by atoms with Gasteiger partial charge >= 0.3 is 5.97 Å². The van der Waals surface area contributed by atoms with Gasteiger partial charge in [-0.25, -0.2) is 0 Å². The summed E-state index contributed by atoms with van der Waals surface area (Å²) in [7, 11) is 1.37. The summed E-state index contributed by atoms with van der Waals surface area (Å²) in [5, 5.41) is 9.71. The zero-order valence-electron chi connectivity index (χ0n) is 8.54. The largest absolute Gasteiger partial charge is 0.469 e. The fourth-order valence-electron chi connectivity index (χ4n) is 2.21. The highest BCUT2D eigenvalue weighted by molar-refractivity contribution is 5.74. The van der Waals surface area contributed by atoms with Gasteiger partial charge < -0.3 is 9.84 Å². The van der Waals surface area contributed by atoms with Crippen LogP contribution in [0.4, 0.5) is 0 Å². The van der Waals surface area contributed by atoms with Crippen LogP contribution in [0, 0.1) is 11.3 Å². The molecule has 1 aliphatic rings. The minimum absolute atomic E-state index is 0.134. The molecule has 0 radical (unpaired) electrons. The summed E-state index contributed by atoms with van der Waals surface area (Å²) in [6.45, 7) is 4.02. The average molecular weight is 186 g/mol. The Hall–Kier alpha value is -0.570. The molecule has 76 valence electrons. The van der Waals surface area contributed by atoms with E-state index in [1.165, 1.54) is 7.11 Å². The maximum absolute atomic E-state index is 11.4. The van der Waals surface area contributed by atoms with Crippen molar-refractivity contribution in [3.8, 4) is 0 Å². The third-order valence-electron chi connectivity index (χ3n) is 3.00.